The summed E-state index contributed by atoms with van der Waals surface area (Å²) in [4.78, 5) is 18.9. The maximum atomic E-state index is 12.5. The van der Waals surface area contributed by atoms with Crippen molar-refractivity contribution in [3.05, 3.63) is 64.5 Å². The average molecular weight is 470 g/mol. The van der Waals surface area contributed by atoms with Crippen molar-refractivity contribution in [3.8, 4) is 17.1 Å². The molecule has 1 amide bonds. The van der Waals surface area contributed by atoms with Gasteiger partial charge in [0.25, 0.3) is 0 Å². The number of rotatable bonds is 7. The minimum absolute atomic E-state index is 0.103. The van der Waals surface area contributed by atoms with Gasteiger partial charge in [-0.15, -0.1) is 0 Å². The van der Waals surface area contributed by atoms with E-state index in [2.05, 4.69) is 39.9 Å². The van der Waals surface area contributed by atoms with Crippen LogP contribution in [-0.4, -0.2) is 27.6 Å². The van der Waals surface area contributed by atoms with E-state index in [1.165, 1.54) is 0 Å². The Morgan fingerprint density at radius 1 is 1.23 bits per heavy atom. The normalized spacial score (nSPS) is 16.5. The lowest BCUT2D eigenvalue weighted by molar-refractivity contribution is -0.129. The van der Waals surface area contributed by atoms with Gasteiger partial charge in [0, 0.05) is 23.0 Å². The molecule has 3 aromatic rings. The summed E-state index contributed by atoms with van der Waals surface area (Å²) in [6.07, 6.45) is 1.16. The van der Waals surface area contributed by atoms with E-state index in [4.69, 9.17) is 9.26 Å². The van der Waals surface area contributed by atoms with Crippen LogP contribution in [0.15, 0.2) is 57.5 Å². The average Bonchev–Trinajstić information content (AvgIpc) is 3.34. The lowest BCUT2D eigenvalue weighted by Crippen LogP contribution is -2.27. The molecule has 1 fully saturated rings. The smallest absolute Gasteiger partial charge is 0.249 e. The number of nitrogens with zero attached hydrogens (tertiary/aromatic N) is 3. The minimum Gasteiger partial charge on any atom is -0.493 e. The molecule has 7 heteroatoms. The molecule has 0 saturated carbocycles. The van der Waals surface area contributed by atoms with Gasteiger partial charge >= 0.3 is 0 Å². The summed E-state index contributed by atoms with van der Waals surface area (Å²) in [6.45, 7) is 5.42. The fourth-order valence-corrected chi connectivity index (χ4v) is 3.92. The molecule has 0 spiro atoms. The second-order valence-electron chi connectivity index (χ2n) is 7.89. The predicted octanol–water partition coefficient (Wildman–Crippen LogP) is 5.40. The van der Waals surface area contributed by atoms with Crippen LogP contribution in [-0.2, 0) is 11.3 Å². The van der Waals surface area contributed by atoms with E-state index in [9.17, 15) is 4.79 Å². The molecular formula is C23H24BrN3O3. The van der Waals surface area contributed by atoms with E-state index in [0.717, 1.165) is 21.3 Å². The number of hydrogen-bond donors (Lipinski definition) is 0. The van der Waals surface area contributed by atoms with Crippen molar-refractivity contribution in [1.29, 1.82) is 0 Å². The van der Waals surface area contributed by atoms with Crippen LogP contribution >= 0.6 is 15.9 Å². The zero-order chi connectivity index (χ0) is 21.1. The molecule has 1 saturated heterocycles. The summed E-state index contributed by atoms with van der Waals surface area (Å²) in [5.41, 5.74) is 1.91. The number of ether oxygens (including phenoxy) is 1. The van der Waals surface area contributed by atoms with Crippen molar-refractivity contribution < 1.29 is 14.1 Å². The summed E-state index contributed by atoms with van der Waals surface area (Å²) >= 11 is 3.48. The number of carbonyl (C=O) groups is 1. The van der Waals surface area contributed by atoms with Gasteiger partial charge in [0.1, 0.15) is 11.8 Å². The molecule has 1 aliphatic heterocycles. The Labute approximate surface area is 184 Å². The fourth-order valence-electron chi connectivity index (χ4n) is 3.47. The van der Waals surface area contributed by atoms with Gasteiger partial charge < -0.3 is 14.2 Å². The van der Waals surface area contributed by atoms with Crippen molar-refractivity contribution in [1.82, 2.24) is 15.0 Å². The van der Waals surface area contributed by atoms with Crippen LogP contribution in [0.1, 0.15) is 44.2 Å². The summed E-state index contributed by atoms with van der Waals surface area (Å²) < 4.78 is 12.3. The summed E-state index contributed by atoms with van der Waals surface area (Å²) in [7, 11) is 0. The number of benzene rings is 2. The zero-order valence-electron chi connectivity index (χ0n) is 17.0. The number of hydrogen-bond acceptors (Lipinski definition) is 5. The van der Waals surface area contributed by atoms with Crippen LogP contribution in [0.25, 0.3) is 11.4 Å². The van der Waals surface area contributed by atoms with Gasteiger partial charge in [-0.05, 0) is 54.3 Å². The van der Waals surface area contributed by atoms with Crippen molar-refractivity contribution in [2.24, 2.45) is 5.92 Å². The molecule has 0 N–H and O–H groups in total. The van der Waals surface area contributed by atoms with E-state index in [-0.39, 0.29) is 11.9 Å². The number of halogens is 1. The Hall–Kier alpha value is -2.67. The van der Waals surface area contributed by atoms with Gasteiger partial charge in [0.05, 0.1) is 6.61 Å². The van der Waals surface area contributed by atoms with Gasteiger partial charge in [-0.25, -0.2) is 0 Å². The highest BCUT2D eigenvalue weighted by atomic mass is 79.9. The van der Waals surface area contributed by atoms with E-state index in [0.29, 0.717) is 43.6 Å². The second kappa shape index (κ2) is 9.00. The van der Waals surface area contributed by atoms with E-state index < -0.39 is 0 Å². The number of carbonyl (C=O) groups excluding carboxylic acids is 1. The highest BCUT2D eigenvalue weighted by Crippen LogP contribution is 2.34. The predicted molar refractivity (Wildman–Crippen MR) is 117 cm³/mol. The molecule has 0 bridgehead atoms. The van der Waals surface area contributed by atoms with Crippen molar-refractivity contribution in [3.63, 3.8) is 0 Å². The Kier molecular flexibility index (Phi) is 6.18. The third-order valence-electron chi connectivity index (χ3n) is 4.99. The van der Waals surface area contributed by atoms with E-state index in [1.54, 1.807) is 0 Å². The monoisotopic (exact) mass is 469 g/mol. The molecule has 2 aromatic carbocycles. The molecule has 1 atom stereocenters. The maximum absolute atomic E-state index is 12.5. The first-order valence-electron chi connectivity index (χ1n) is 10.1. The molecule has 30 heavy (non-hydrogen) atoms. The molecule has 156 valence electrons. The highest BCUT2D eigenvalue weighted by molar-refractivity contribution is 9.10. The first kappa shape index (κ1) is 20.6. The molecule has 0 radical (unpaired) electrons. The van der Waals surface area contributed by atoms with Crippen LogP contribution in [0.2, 0.25) is 0 Å². The summed E-state index contributed by atoms with van der Waals surface area (Å²) in [5.74, 6) is 2.38. The zero-order valence-corrected chi connectivity index (χ0v) is 18.6. The quantitative estimate of drug-likeness (QED) is 0.463. The minimum atomic E-state index is -0.202. The molecule has 6 nitrogen and oxygen atoms in total. The number of likely N-dealkylation sites (tertiary alicyclic amines) is 1. The highest BCUT2D eigenvalue weighted by Gasteiger charge is 2.36. The topological polar surface area (TPSA) is 68.5 Å². The van der Waals surface area contributed by atoms with Crippen LogP contribution in [0.4, 0.5) is 0 Å². The van der Waals surface area contributed by atoms with Gasteiger partial charge in [-0.1, -0.05) is 47.1 Å². The molecule has 2 heterocycles. The first-order valence-corrected chi connectivity index (χ1v) is 10.9. The summed E-state index contributed by atoms with van der Waals surface area (Å²) in [5, 5.41) is 4.14. The van der Waals surface area contributed by atoms with Crippen molar-refractivity contribution in [2.75, 3.05) is 6.61 Å². The molecule has 1 aliphatic rings. The SMILES string of the molecule is CC(C)COc1ccc(-c2noc(C3CCC(=O)N3Cc3cccc(Br)c3)n2)cc1. The van der Waals surface area contributed by atoms with E-state index >= 15 is 0 Å². The third-order valence-corrected chi connectivity index (χ3v) is 5.49. The summed E-state index contributed by atoms with van der Waals surface area (Å²) in [6, 6.07) is 15.4. The maximum Gasteiger partial charge on any atom is 0.249 e. The van der Waals surface area contributed by atoms with Gasteiger partial charge in [0.2, 0.25) is 17.6 Å². The van der Waals surface area contributed by atoms with Crippen molar-refractivity contribution in [2.45, 2.75) is 39.3 Å². The largest absolute Gasteiger partial charge is 0.493 e. The number of amides is 1. The third kappa shape index (κ3) is 4.73. The van der Waals surface area contributed by atoms with Crippen LogP contribution in [0, 0.1) is 5.92 Å². The van der Waals surface area contributed by atoms with Gasteiger partial charge in [-0.2, -0.15) is 4.98 Å². The van der Waals surface area contributed by atoms with Crippen molar-refractivity contribution >= 4 is 21.8 Å². The first-order chi connectivity index (χ1) is 14.5. The lowest BCUT2D eigenvalue weighted by Gasteiger charge is -2.22. The molecule has 0 aliphatic carbocycles. The van der Waals surface area contributed by atoms with Gasteiger partial charge in [0.15, 0.2) is 0 Å². The second-order valence-corrected chi connectivity index (χ2v) is 8.81. The number of aromatic nitrogens is 2. The van der Waals surface area contributed by atoms with E-state index in [1.807, 2.05) is 53.4 Å². The Bertz CT molecular complexity index is 1020. The van der Waals surface area contributed by atoms with Crippen LogP contribution in [0.3, 0.4) is 0 Å². The molecule has 1 unspecified atom stereocenters. The standard InChI is InChI=1S/C23H24BrN3O3/c1-15(2)14-29-19-8-6-17(7-9-19)22-25-23(30-26-22)20-10-11-21(28)27(20)13-16-4-3-5-18(24)12-16/h3-9,12,15,20H,10-11,13-14H2,1-2H3. The van der Waals surface area contributed by atoms with Crippen LogP contribution in [0.5, 0.6) is 5.75 Å². The van der Waals surface area contributed by atoms with Gasteiger partial charge in [-0.3, -0.25) is 4.79 Å². The molecular weight excluding hydrogens is 446 g/mol. The Morgan fingerprint density at radius 3 is 2.77 bits per heavy atom. The van der Waals surface area contributed by atoms with Crippen LogP contribution < -0.4 is 4.74 Å². The Balaban J connectivity index is 1.49. The fraction of sp³-hybridized carbons (Fsp3) is 0.348. The molecule has 1 aromatic heterocycles. The molecule has 4 rings (SSSR count). The Morgan fingerprint density at radius 2 is 2.03 bits per heavy atom. The lowest BCUT2D eigenvalue weighted by atomic mass is 10.1.